The number of rotatable bonds is 7. The number of halogens is 1. The van der Waals surface area contributed by atoms with E-state index in [2.05, 4.69) is 21.7 Å². The molecular weight excluding hydrogens is 422 g/mol. The summed E-state index contributed by atoms with van der Waals surface area (Å²) < 4.78 is 0. The molecule has 0 radical (unpaired) electrons. The summed E-state index contributed by atoms with van der Waals surface area (Å²) in [5.74, 6) is -0.682. The van der Waals surface area contributed by atoms with Crippen LogP contribution >= 0.6 is 11.6 Å². The van der Waals surface area contributed by atoms with E-state index in [0.717, 1.165) is 27.6 Å². The Bertz CT molecular complexity index is 1250. The largest absolute Gasteiger partial charge is 0.361 e. The molecule has 0 aliphatic carbocycles. The fraction of sp³-hybridized carbons (Fsp3) is 0.154. The third-order valence-electron chi connectivity index (χ3n) is 5.50. The molecule has 0 bridgehead atoms. The van der Waals surface area contributed by atoms with Crippen LogP contribution in [0, 0.1) is 6.92 Å². The standard InChI is InChI=1S/C26H24ClN3O2/c1-17-10-12-18(13-11-17)26(32)30-16-25(31)29-15-21(19-6-2-4-8-23(19)27)22-14-28-24-9-5-3-7-20(22)24/h2-14,21,28H,15-16H2,1H3,(H,29,31)(H,30,32). The van der Waals surface area contributed by atoms with Gasteiger partial charge in [-0.05, 0) is 42.3 Å². The molecule has 1 unspecified atom stereocenters. The predicted octanol–water partition coefficient (Wildman–Crippen LogP) is 4.81. The zero-order valence-corrected chi connectivity index (χ0v) is 18.4. The number of H-pyrrole nitrogens is 1. The lowest BCUT2D eigenvalue weighted by Crippen LogP contribution is -2.38. The molecule has 0 fully saturated rings. The molecule has 6 heteroatoms. The molecule has 4 rings (SSSR count). The zero-order valence-electron chi connectivity index (χ0n) is 17.7. The normalized spacial score (nSPS) is 11.8. The summed E-state index contributed by atoms with van der Waals surface area (Å²) in [6.45, 7) is 2.21. The number of aromatic amines is 1. The van der Waals surface area contributed by atoms with Gasteiger partial charge in [0.2, 0.25) is 5.91 Å². The number of fused-ring (bicyclic) bond motifs is 1. The van der Waals surface area contributed by atoms with Crippen molar-refractivity contribution in [2.24, 2.45) is 0 Å². The molecule has 3 aromatic carbocycles. The van der Waals surface area contributed by atoms with Crippen LogP contribution in [0.25, 0.3) is 10.9 Å². The minimum absolute atomic E-state index is 0.101. The number of amides is 2. The van der Waals surface area contributed by atoms with Gasteiger partial charge < -0.3 is 15.6 Å². The van der Waals surface area contributed by atoms with Gasteiger partial charge in [-0.15, -0.1) is 0 Å². The average Bonchev–Trinajstić information content (AvgIpc) is 3.23. The fourth-order valence-electron chi connectivity index (χ4n) is 3.77. The van der Waals surface area contributed by atoms with Crippen LogP contribution in [-0.4, -0.2) is 29.9 Å². The van der Waals surface area contributed by atoms with E-state index < -0.39 is 0 Å². The van der Waals surface area contributed by atoms with Crippen LogP contribution in [0.1, 0.15) is 33.0 Å². The molecule has 1 atom stereocenters. The molecule has 5 nitrogen and oxygen atoms in total. The van der Waals surface area contributed by atoms with Gasteiger partial charge >= 0.3 is 0 Å². The molecule has 162 valence electrons. The molecule has 0 aliphatic heterocycles. The molecule has 2 amide bonds. The number of carbonyl (C=O) groups excluding carboxylic acids is 2. The summed E-state index contributed by atoms with van der Waals surface area (Å²) in [6, 6.07) is 22.9. The van der Waals surface area contributed by atoms with E-state index in [4.69, 9.17) is 11.6 Å². The first-order chi connectivity index (χ1) is 15.5. The van der Waals surface area contributed by atoms with Crippen LogP contribution < -0.4 is 10.6 Å². The van der Waals surface area contributed by atoms with Crippen molar-refractivity contribution in [1.82, 2.24) is 15.6 Å². The molecule has 1 aromatic heterocycles. The van der Waals surface area contributed by atoms with Gasteiger partial charge in [0, 0.05) is 40.1 Å². The van der Waals surface area contributed by atoms with Gasteiger partial charge in [-0.1, -0.05) is 65.7 Å². The highest BCUT2D eigenvalue weighted by atomic mass is 35.5. The van der Waals surface area contributed by atoms with Crippen LogP contribution in [0.4, 0.5) is 0 Å². The summed E-state index contributed by atoms with van der Waals surface area (Å²) >= 11 is 6.50. The number of aryl methyl sites for hydroxylation is 1. The van der Waals surface area contributed by atoms with Crippen molar-refractivity contribution >= 4 is 34.3 Å². The van der Waals surface area contributed by atoms with Crippen molar-refractivity contribution < 1.29 is 9.59 Å². The smallest absolute Gasteiger partial charge is 0.251 e. The van der Waals surface area contributed by atoms with E-state index in [9.17, 15) is 9.59 Å². The number of nitrogens with one attached hydrogen (secondary N) is 3. The molecule has 0 saturated heterocycles. The van der Waals surface area contributed by atoms with Crippen molar-refractivity contribution in [3.8, 4) is 0 Å². The minimum atomic E-state index is -0.278. The SMILES string of the molecule is Cc1ccc(C(=O)NCC(=O)NCC(c2ccccc2Cl)c2c[nH]c3ccccc23)cc1. The van der Waals surface area contributed by atoms with E-state index in [1.54, 1.807) is 12.1 Å². The van der Waals surface area contributed by atoms with Gasteiger partial charge in [0.1, 0.15) is 0 Å². The second kappa shape index (κ2) is 9.71. The third kappa shape index (κ3) is 4.84. The van der Waals surface area contributed by atoms with E-state index in [0.29, 0.717) is 17.1 Å². The van der Waals surface area contributed by atoms with Crippen LogP contribution in [0.15, 0.2) is 79.0 Å². The monoisotopic (exact) mass is 445 g/mol. The molecule has 0 aliphatic rings. The highest BCUT2D eigenvalue weighted by Gasteiger charge is 2.21. The Morgan fingerprint density at radius 1 is 0.906 bits per heavy atom. The van der Waals surface area contributed by atoms with E-state index >= 15 is 0 Å². The topological polar surface area (TPSA) is 74.0 Å². The average molecular weight is 446 g/mol. The fourth-order valence-corrected chi connectivity index (χ4v) is 4.04. The first-order valence-corrected chi connectivity index (χ1v) is 10.8. The molecule has 0 saturated carbocycles. The maximum atomic E-state index is 12.5. The molecule has 1 heterocycles. The Morgan fingerprint density at radius 3 is 2.41 bits per heavy atom. The maximum absolute atomic E-state index is 12.5. The van der Waals surface area contributed by atoms with Gasteiger partial charge in [0.05, 0.1) is 6.54 Å². The van der Waals surface area contributed by atoms with Gasteiger partial charge in [-0.25, -0.2) is 0 Å². The van der Waals surface area contributed by atoms with Gasteiger partial charge in [0.25, 0.3) is 5.91 Å². The number of carbonyl (C=O) groups is 2. The molecule has 4 aromatic rings. The first-order valence-electron chi connectivity index (χ1n) is 10.4. The zero-order chi connectivity index (χ0) is 22.5. The number of hydrogen-bond donors (Lipinski definition) is 3. The number of para-hydroxylation sites is 1. The van der Waals surface area contributed by atoms with Crippen LogP contribution in [0.2, 0.25) is 5.02 Å². The van der Waals surface area contributed by atoms with Crippen molar-refractivity contribution in [2.45, 2.75) is 12.8 Å². The van der Waals surface area contributed by atoms with Crippen LogP contribution in [0.5, 0.6) is 0 Å². The van der Waals surface area contributed by atoms with Gasteiger partial charge in [-0.3, -0.25) is 9.59 Å². The second-order valence-corrected chi connectivity index (χ2v) is 8.12. The third-order valence-corrected chi connectivity index (χ3v) is 5.85. The lowest BCUT2D eigenvalue weighted by atomic mass is 9.90. The lowest BCUT2D eigenvalue weighted by Gasteiger charge is -2.19. The molecule has 3 N–H and O–H groups in total. The highest BCUT2D eigenvalue weighted by Crippen LogP contribution is 2.34. The second-order valence-electron chi connectivity index (χ2n) is 7.72. The van der Waals surface area contributed by atoms with Crippen molar-refractivity contribution in [1.29, 1.82) is 0 Å². The maximum Gasteiger partial charge on any atom is 0.251 e. The first kappa shape index (κ1) is 21.7. The molecule has 0 spiro atoms. The number of aromatic nitrogens is 1. The predicted molar refractivity (Wildman–Crippen MR) is 128 cm³/mol. The van der Waals surface area contributed by atoms with Crippen LogP contribution in [0.3, 0.4) is 0 Å². The van der Waals surface area contributed by atoms with Gasteiger partial charge in [0.15, 0.2) is 0 Å². The van der Waals surface area contributed by atoms with Crippen molar-refractivity contribution in [3.63, 3.8) is 0 Å². The Balaban J connectivity index is 1.47. The van der Waals surface area contributed by atoms with Crippen LogP contribution in [-0.2, 0) is 4.79 Å². The number of benzene rings is 3. The minimum Gasteiger partial charge on any atom is -0.361 e. The summed E-state index contributed by atoms with van der Waals surface area (Å²) in [6.07, 6.45) is 1.96. The Labute approximate surface area is 191 Å². The molecular formula is C26H24ClN3O2. The van der Waals surface area contributed by atoms with Crippen molar-refractivity contribution in [2.75, 3.05) is 13.1 Å². The van der Waals surface area contributed by atoms with Gasteiger partial charge in [-0.2, -0.15) is 0 Å². The van der Waals surface area contributed by atoms with E-state index in [-0.39, 0.29) is 24.3 Å². The van der Waals surface area contributed by atoms with E-state index in [1.807, 2.05) is 67.7 Å². The number of hydrogen-bond acceptors (Lipinski definition) is 2. The quantitative estimate of drug-likeness (QED) is 0.382. The lowest BCUT2D eigenvalue weighted by molar-refractivity contribution is -0.120. The summed E-state index contributed by atoms with van der Waals surface area (Å²) in [5, 5.41) is 7.35. The summed E-state index contributed by atoms with van der Waals surface area (Å²) in [7, 11) is 0. The molecule has 32 heavy (non-hydrogen) atoms. The summed E-state index contributed by atoms with van der Waals surface area (Å²) in [5.41, 5.74) is 4.61. The van der Waals surface area contributed by atoms with E-state index in [1.165, 1.54) is 0 Å². The Morgan fingerprint density at radius 2 is 1.62 bits per heavy atom. The highest BCUT2D eigenvalue weighted by molar-refractivity contribution is 6.31. The van der Waals surface area contributed by atoms with Crippen molar-refractivity contribution in [3.05, 3.63) is 106 Å². The Kier molecular flexibility index (Phi) is 6.57. The summed E-state index contributed by atoms with van der Waals surface area (Å²) in [4.78, 5) is 28.1. The Hall–Kier alpha value is -3.57.